The molecule has 0 spiro atoms. The fraction of sp³-hybridized carbons (Fsp3) is 0.300. The summed E-state index contributed by atoms with van der Waals surface area (Å²) in [7, 11) is 0. The van der Waals surface area contributed by atoms with E-state index in [0.717, 1.165) is 5.56 Å². The van der Waals surface area contributed by atoms with Gasteiger partial charge in [-0.15, -0.1) is 0 Å². The predicted octanol–water partition coefficient (Wildman–Crippen LogP) is 2.85. The quantitative estimate of drug-likeness (QED) is 0.626. The smallest absolute Gasteiger partial charge is 0.0340 e. The van der Waals surface area contributed by atoms with Crippen molar-refractivity contribution in [2.24, 2.45) is 0 Å². The predicted molar refractivity (Wildman–Crippen MR) is 48.4 cm³/mol. The topological polar surface area (TPSA) is 12.9 Å². The van der Waals surface area contributed by atoms with Crippen LogP contribution in [-0.4, -0.2) is 4.98 Å². The Kier molecular flexibility index (Phi) is 2.42. The Bertz CT molecular complexity index is 251. The van der Waals surface area contributed by atoms with Crippen LogP contribution < -0.4 is 0 Å². The summed E-state index contributed by atoms with van der Waals surface area (Å²) in [6, 6.07) is 2.12. The van der Waals surface area contributed by atoms with Crippen LogP contribution in [0.4, 0.5) is 0 Å². The Balaban J connectivity index is 3.00. The lowest BCUT2D eigenvalue weighted by atomic mass is 10.0. The maximum absolute atomic E-state index is 4.11. The zero-order chi connectivity index (χ0) is 8.27. The van der Waals surface area contributed by atoms with Gasteiger partial charge in [-0.05, 0) is 23.1 Å². The second-order valence-corrected chi connectivity index (χ2v) is 2.91. The number of hydrogen-bond donors (Lipinski definition) is 0. The average Bonchev–Trinajstić information content (AvgIpc) is 2.05. The van der Waals surface area contributed by atoms with E-state index in [-0.39, 0.29) is 0 Å². The molecule has 0 aliphatic carbocycles. The second kappa shape index (κ2) is 3.33. The summed E-state index contributed by atoms with van der Waals surface area (Å²) in [6.07, 6.45) is 5.54. The highest BCUT2D eigenvalue weighted by Gasteiger charge is 1.98. The third-order valence-corrected chi connectivity index (χ3v) is 1.68. The minimum atomic E-state index is 0.544. The zero-order valence-corrected chi connectivity index (χ0v) is 7.04. The van der Waals surface area contributed by atoms with Crippen molar-refractivity contribution >= 4 is 6.08 Å². The molecule has 11 heavy (non-hydrogen) atoms. The molecule has 0 saturated carbocycles. The Labute approximate surface area is 67.8 Å². The molecule has 1 heterocycles. The van der Waals surface area contributed by atoms with Gasteiger partial charge in [0.2, 0.25) is 0 Å². The van der Waals surface area contributed by atoms with Crippen molar-refractivity contribution in [1.29, 1.82) is 0 Å². The van der Waals surface area contributed by atoms with Gasteiger partial charge in [0.05, 0.1) is 0 Å². The molecule has 0 bridgehead atoms. The third kappa shape index (κ3) is 1.90. The van der Waals surface area contributed by atoms with Gasteiger partial charge in [0.15, 0.2) is 0 Å². The largest absolute Gasteiger partial charge is 0.264 e. The molecule has 0 saturated heterocycles. The molecule has 1 aromatic heterocycles. The minimum absolute atomic E-state index is 0.544. The first-order valence-electron chi connectivity index (χ1n) is 3.81. The fourth-order valence-corrected chi connectivity index (χ4v) is 0.904. The van der Waals surface area contributed by atoms with Gasteiger partial charge in [0.25, 0.3) is 0 Å². The molecule has 0 amide bonds. The number of nitrogens with zero attached hydrogens (tertiary/aromatic N) is 1. The van der Waals surface area contributed by atoms with Crippen LogP contribution in [0.3, 0.4) is 0 Å². The molecule has 0 fully saturated rings. The van der Waals surface area contributed by atoms with E-state index in [4.69, 9.17) is 0 Å². The van der Waals surface area contributed by atoms with Crippen LogP contribution in [-0.2, 0) is 0 Å². The van der Waals surface area contributed by atoms with E-state index in [2.05, 4.69) is 31.5 Å². The molecule has 58 valence electrons. The van der Waals surface area contributed by atoms with Crippen LogP contribution in [0.2, 0.25) is 0 Å². The highest BCUT2D eigenvalue weighted by atomic mass is 14.6. The van der Waals surface area contributed by atoms with Crippen molar-refractivity contribution in [1.82, 2.24) is 4.98 Å². The van der Waals surface area contributed by atoms with Crippen molar-refractivity contribution in [2.45, 2.75) is 19.8 Å². The zero-order valence-electron chi connectivity index (χ0n) is 7.04. The molecule has 0 aromatic carbocycles. The molecule has 0 atom stereocenters. The van der Waals surface area contributed by atoms with Crippen LogP contribution in [0.1, 0.15) is 30.9 Å². The molecule has 1 nitrogen and oxygen atoms in total. The van der Waals surface area contributed by atoms with Crippen molar-refractivity contribution < 1.29 is 0 Å². The van der Waals surface area contributed by atoms with Crippen molar-refractivity contribution in [3.63, 3.8) is 0 Å². The van der Waals surface area contributed by atoms with Gasteiger partial charge >= 0.3 is 0 Å². The van der Waals surface area contributed by atoms with E-state index >= 15 is 0 Å². The lowest BCUT2D eigenvalue weighted by Gasteiger charge is -2.03. The molecule has 1 aromatic rings. The summed E-state index contributed by atoms with van der Waals surface area (Å²) < 4.78 is 0. The van der Waals surface area contributed by atoms with Crippen molar-refractivity contribution in [3.8, 4) is 0 Å². The molecule has 1 heteroatoms. The molecular formula is C10H13N. The Morgan fingerprint density at radius 3 is 2.73 bits per heavy atom. The van der Waals surface area contributed by atoms with Gasteiger partial charge in [-0.3, -0.25) is 4.98 Å². The molecule has 0 unspecified atom stereocenters. The minimum Gasteiger partial charge on any atom is -0.264 e. The van der Waals surface area contributed by atoms with Crippen LogP contribution in [0.15, 0.2) is 25.0 Å². The SMILES string of the molecule is C=Cc1cncc(C(C)C)c1. The van der Waals surface area contributed by atoms with E-state index in [9.17, 15) is 0 Å². The summed E-state index contributed by atoms with van der Waals surface area (Å²) >= 11 is 0. The molecule has 0 N–H and O–H groups in total. The van der Waals surface area contributed by atoms with Crippen LogP contribution >= 0.6 is 0 Å². The summed E-state index contributed by atoms with van der Waals surface area (Å²) in [4.78, 5) is 4.11. The highest BCUT2D eigenvalue weighted by Crippen LogP contribution is 2.14. The lowest BCUT2D eigenvalue weighted by Crippen LogP contribution is -1.88. The van der Waals surface area contributed by atoms with Crippen LogP contribution in [0, 0.1) is 0 Å². The number of hydrogen-bond acceptors (Lipinski definition) is 1. The van der Waals surface area contributed by atoms with Gasteiger partial charge in [0, 0.05) is 12.4 Å². The van der Waals surface area contributed by atoms with E-state index in [1.807, 2.05) is 18.5 Å². The first-order chi connectivity index (χ1) is 5.24. The lowest BCUT2D eigenvalue weighted by molar-refractivity contribution is 0.857. The monoisotopic (exact) mass is 147 g/mol. The van der Waals surface area contributed by atoms with Crippen LogP contribution in [0.5, 0.6) is 0 Å². The Hall–Kier alpha value is -1.11. The molecular weight excluding hydrogens is 134 g/mol. The summed E-state index contributed by atoms with van der Waals surface area (Å²) in [6.45, 7) is 8.00. The molecule has 0 radical (unpaired) electrons. The Morgan fingerprint density at radius 2 is 2.18 bits per heavy atom. The van der Waals surface area contributed by atoms with E-state index in [0.29, 0.717) is 5.92 Å². The van der Waals surface area contributed by atoms with Gasteiger partial charge in [-0.2, -0.15) is 0 Å². The molecule has 0 aliphatic rings. The van der Waals surface area contributed by atoms with Gasteiger partial charge < -0.3 is 0 Å². The highest BCUT2D eigenvalue weighted by molar-refractivity contribution is 5.46. The van der Waals surface area contributed by atoms with Gasteiger partial charge in [-0.1, -0.05) is 26.5 Å². The summed E-state index contributed by atoms with van der Waals surface area (Å²) in [5.74, 6) is 0.544. The Morgan fingerprint density at radius 1 is 1.45 bits per heavy atom. The first kappa shape index (κ1) is 7.99. The molecule has 0 aliphatic heterocycles. The molecule has 1 rings (SSSR count). The van der Waals surface area contributed by atoms with E-state index in [1.165, 1.54) is 5.56 Å². The number of aromatic nitrogens is 1. The van der Waals surface area contributed by atoms with E-state index in [1.54, 1.807) is 0 Å². The first-order valence-corrected chi connectivity index (χ1v) is 3.81. The fourth-order valence-electron chi connectivity index (χ4n) is 0.904. The maximum atomic E-state index is 4.11. The summed E-state index contributed by atoms with van der Waals surface area (Å²) in [5, 5.41) is 0. The van der Waals surface area contributed by atoms with Gasteiger partial charge in [0.1, 0.15) is 0 Å². The standard InChI is InChI=1S/C10H13N/c1-4-9-5-10(8(2)3)7-11-6-9/h4-8H,1H2,2-3H3. The third-order valence-electron chi connectivity index (χ3n) is 1.68. The van der Waals surface area contributed by atoms with Crippen LogP contribution in [0.25, 0.3) is 6.08 Å². The average molecular weight is 147 g/mol. The number of pyridine rings is 1. The maximum Gasteiger partial charge on any atom is 0.0340 e. The van der Waals surface area contributed by atoms with Gasteiger partial charge in [-0.25, -0.2) is 0 Å². The number of rotatable bonds is 2. The normalized spacial score (nSPS) is 10.1. The van der Waals surface area contributed by atoms with E-state index < -0.39 is 0 Å². The van der Waals surface area contributed by atoms with Crippen molar-refractivity contribution in [2.75, 3.05) is 0 Å². The van der Waals surface area contributed by atoms with Crippen molar-refractivity contribution in [3.05, 3.63) is 36.2 Å². The summed E-state index contributed by atoms with van der Waals surface area (Å²) in [5.41, 5.74) is 2.36. The second-order valence-electron chi connectivity index (χ2n) is 2.91.